The van der Waals surface area contributed by atoms with Crippen molar-refractivity contribution < 1.29 is 23.7 Å². The van der Waals surface area contributed by atoms with Crippen molar-refractivity contribution in [3.05, 3.63) is 47.5 Å². The Balaban J connectivity index is 1.58. The van der Waals surface area contributed by atoms with Crippen LogP contribution in [0.15, 0.2) is 36.4 Å². The summed E-state index contributed by atoms with van der Waals surface area (Å²) >= 11 is 0. The van der Waals surface area contributed by atoms with Crippen LogP contribution in [-0.4, -0.2) is 51.3 Å². The number of ether oxygens (including phenoxy) is 5. The molecule has 0 bridgehead atoms. The van der Waals surface area contributed by atoms with E-state index in [1.54, 1.807) is 7.11 Å². The molecule has 3 atom stereocenters. The molecule has 2 aromatic carbocycles. The van der Waals surface area contributed by atoms with Crippen LogP contribution in [0.5, 0.6) is 23.0 Å². The second-order valence-corrected chi connectivity index (χ2v) is 7.51. The Morgan fingerprint density at radius 3 is 2.39 bits per heavy atom. The summed E-state index contributed by atoms with van der Waals surface area (Å²) in [5, 5.41) is 0. The zero-order valence-corrected chi connectivity index (χ0v) is 16.2. The molecule has 1 saturated heterocycles. The first-order valence-corrected chi connectivity index (χ1v) is 9.80. The van der Waals surface area contributed by atoms with Gasteiger partial charge in [-0.25, -0.2) is 0 Å². The highest BCUT2D eigenvalue weighted by molar-refractivity contribution is 5.56. The van der Waals surface area contributed by atoms with Crippen LogP contribution in [0.1, 0.15) is 24.0 Å². The van der Waals surface area contributed by atoms with Gasteiger partial charge in [0.2, 0.25) is 6.79 Å². The van der Waals surface area contributed by atoms with Crippen molar-refractivity contribution in [1.29, 1.82) is 0 Å². The van der Waals surface area contributed by atoms with Crippen molar-refractivity contribution in [3.63, 3.8) is 0 Å². The molecule has 0 unspecified atom stereocenters. The van der Waals surface area contributed by atoms with Crippen LogP contribution < -0.4 is 18.9 Å². The lowest BCUT2D eigenvalue weighted by atomic mass is 9.78. The summed E-state index contributed by atoms with van der Waals surface area (Å²) in [7, 11) is 1.69. The lowest BCUT2D eigenvalue weighted by Gasteiger charge is -2.44. The number of rotatable bonds is 3. The summed E-state index contributed by atoms with van der Waals surface area (Å²) in [5.74, 6) is 3.73. The fraction of sp³-hybridized carbons (Fsp3) is 0.455. The van der Waals surface area contributed by atoms with Crippen molar-refractivity contribution in [2.24, 2.45) is 5.92 Å². The van der Waals surface area contributed by atoms with Crippen LogP contribution in [0.2, 0.25) is 0 Å². The molecule has 0 radical (unpaired) electrons. The van der Waals surface area contributed by atoms with Crippen molar-refractivity contribution in [1.82, 2.24) is 4.90 Å². The number of methoxy groups -OCH3 is 1. The second-order valence-electron chi connectivity index (χ2n) is 7.51. The van der Waals surface area contributed by atoms with Gasteiger partial charge in [-0.2, -0.15) is 0 Å². The van der Waals surface area contributed by atoms with Gasteiger partial charge in [0.05, 0.1) is 20.3 Å². The summed E-state index contributed by atoms with van der Waals surface area (Å²) in [6.07, 6.45) is -0.0103. The van der Waals surface area contributed by atoms with Gasteiger partial charge in [-0.05, 0) is 23.8 Å². The van der Waals surface area contributed by atoms with Crippen molar-refractivity contribution in [2.75, 3.05) is 40.2 Å². The molecule has 6 nitrogen and oxygen atoms in total. The van der Waals surface area contributed by atoms with E-state index in [2.05, 4.69) is 30.0 Å². The van der Waals surface area contributed by atoms with E-state index in [9.17, 15) is 0 Å². The maximum atomic E-state index is 6.52. The largest absolute Gasteiger partial charge is 0.497 e. The van der Waals surface area contributed by atoms with E-state index >= 15 is 0 Å². The quantitative estimate of drug-likeness (QED) is 0.811. The van der Waals surface area contributed by atoms with Crippen LogP contribution in [0.4, 0.5) is 0 Å². The molecule has 0 aromatic heterocycles. The Bertz CT molecular complexity index is 847. The first-order valence-electron chi connectivity index (χ1n) is 9.80. The predicted molar refractivity (Wildman–Crippen MR) is 103 cm³/mol. The van der Waals surface area contributed by atoms with Gasteiger partial charge in [0, 0.05) is 36.6 Å². The third-order valence-electron chi connectivity index (χ3n) is 5.94. The highest BCUT2D eigenvalue weighted by atomic mass is 16.7. The maximum absolute atomic E-state index is 6.52. The Morgan fingerprint density at radius 1 is 0.964 bits per heavy atom. The lowest BCUT2D eigenvalue weighted by molar-refractivity contribution is -0.0784. The SMILES string of the molecule is COc1ccc([C@@H]2c3cc4c(cc3O[C@H](N3CCOCC3)[C@@H]2C)OCO4)cc1. The first-order chi connectivity index (χ1) is 13.7. The molecule has 3 heterocycles. The molecule has 0 aliphatic carbocycles. The fourth-order valence-corrected chi connectivity index (χ4v) is 4.50. The minimum absolute atomic E-state index is 0.0103. The summed E-state index contributed by atoms with van der Waals surface area (Å²) < 4.78 is 28.6. The molecule has 3 aliphatic rings. The second kappa shape index (κ2) is 7.18. The van der Waals surface area contributed by atoms with Gasteiger partial charge in [0.1, 0.15) is 11.5 Å². The fourth-order valence-electron chi connectivity index (χ4n) is 4.50. The van der Waals surface area contributed by atoms with Crippen LogP contribution in [0.25, 0.3) is 0 Å². The van der Waals surface area contributed by atoms with Gasteiger partial charge in [0.15, 0.2) is 17.7 Å². The highest BCUT2D eigenvalue weighted by Crippen LogP contribution is 2.49. The molecule has 0 N–H and O–H groups in total. The van der Waals surface area contributed by atoms with E-state index in [0.29, 0.717) is 0 Å². The average Bonchev–Trinajstić information content (AvgIpc) is 3.20. The third-order valence-corrected chi connectivity index (χ3v) is 5.94. The van der Waals surface area contributed by atoms with Gasteiger partial charge in [-0.1, -0.05) is 19.1 Å². The Hall–Kier alpha value is -2.44. The smallest absolute Gasteiger partial charge is 0.231 e. The molecule has 1 fully saturated rings. The number of hydrogen-bond acceptors (Lipinski definition) is 6. The monoisotopic (exact) mass is 383 g/mol. The van der Waals surface area contributed by atoms with Gasteiger partial charge >= 0.3 is 0 Å². The molecule has 3 aliphatic heterocycles. The molecule has 28 heavy (non-hydrogen) atoms. The zero-order valence-electron chi connectivity index (χ0n) is 16.2. The summed E-state index contributed by atoms with van der Waals surface area (Å²) in [4.78, 5) is 2.39. The van der Waals surface area contributed by atoms with Gasteiger partial charge < -0.3 is 23.7 Å². The Kier molecular flexibility index (Phi) is 4.53. The van der Waals surface area contributed by atoms with Crippen molar-refractivity contribution >= 4 is 0 Å². The molecular formula is C22H25NO5. The minimum atomic E-state index is -0.0103. The van der Waals surface area contributed by atoms with E-state index in [4.69, 9.17) is 23.7 Å². The van der Waals surface area contributed by atoms with Crippen molar-refractivity contribution in [3.8, 4) is 23.0 Å². The van der Waals surface area contributed by atoms with Crippen LogP contribution in [0.3, 0.4) is 0 Å². The summed E-state index contributed by atoms with van der Waals surface area (Å²) in [6, 6.07) is 12.4. The number of fused-ring (bicyclic) bond motifs is 2. The number of nitrogens with zero attached hydrogens (tertiary/aromatic N) is 1. The minimum Gasteiger partial charge on any atom is -0.497 e. The molecule has 6 heteroatoms. The third kappa shape index (κ3) is 2.97. The zero-order chi connectivity index (χ0) is 19.1. The van der Waals surface area contributed by atoms with E-state index in [-0.39, 0.29) is 24.9 Å². The van der Waals surface area contributed by atoms with E-state index in [0.717, 1.165) is 54.9 Å². The maximum Gasteiger partial charge on any atom is 0.231 e. The highest BCUT2D eigenvalue weighted by Gasteiger charge is 2.41. The van der Waals surface area contributed by atoms with Crippen molar-refractivity contribution in [2.45, 2.75) is 19.1 Å². The number of morpholine rings is 1. The lowest BCUT2D eigenvalue weighted by Crippen LogP contribution is -2.52. The normalized spacial score (nSPS) is 26.4. The predicted octanol–water partition coefficient (Wildman–Crippen LogP) is 3.24. The molecule has 0 amide bonds. The first kappa shape index (κ1) is 17.6. The molecule has 5 rings (SSSR count). The standard InChI is InChI=1S/C22H25NO5/c1-14-21(15-3-5-16(24-2)6-4-15)17-11-19-20(27-13-26-19)12-18(17)28-22(14)23-7-9-25-10-8-23/h3-6,11-12,14,21-22H,7-10,13H2,1-2H3/t14-,21-,22+/m1/s1. The van der Waals surface area contributed by atoms with Crippen LogP contribution in [0, 0.1) is 5.92 Å². The number of benzene rings is 2. The summed E-state index contributed by atoms with van der Waals surface area (Å²) in [6.45, 7) is 5.77. The van der Waals surface area contributed by atoms with Crippen LogP contribution >= 0.6 is 0 Å². The van der Waals surface area contributed by atoms with E-state index in [1.165, 1.54) is 5.56 Å². The molecular weight excluding hydrogens is 358 g/mol. The molecule has 2 aromatic rings. The van der Waals surface area contributed by atoms with Gasteiger partial charge in [0.25, 0.3) is 0 Å². The molecule has 0 saturated carbocycles. The number of hydrogen-bond donors (Lipinski definition) is 0. The van der Waals surface area contributed by atoms with E-state index in [1.807, 2.05) is 18.2 Å². The topological polar surface area (TPSA) is 49.4 Å². The summed E-state index contributed by atoms with van der Waals surface area (Å²) in [5.41, 5.74) is 2.39. The van der Waals surface area contributed by atoms with Crippen LogP contribution in [-0.2, 0) is 4.74 Å². The van der Waals surface area contributed by atoms with Gasteiger partial charge in [-0.3, -0.25) is 4.90 Å². The Labute approximate surface area is 164 Å². The Morgan fingerprint density at radius 2 is 1.68 bits per heavy atom. The molecule has 0 spiro atoms. The van der Waals surface area contributed by atoms with Gasteiger partial charge in [-0.15, -0.1) is 0 Å². The van der Waals surface area contributed by atoms with E-state index < -0.39 is 0 Å². The molecule has 148 valence electrons. The average molecular weight is 383 g/mol.